The fourth-order valence-corrected chi connectivity index (χ4v) is 2.48. The molecule has 0 bridgehead atoms. The lowest BCUT2D eigenvalue weighted by atomic mass is 10.2. The van der Waals surface area contributed by atoms with Crippen LogP contribution in [0.3, 0.4) is 0 Å². The number of para-hydroxylation sites is 2. The van der Waals surface area contributed by atoms with Gasteiger partial charge in [-0.2, -0.15) is 30.4 Å². The van der Waals surface area contributed by atoms with Crippen molar-refractivity contribution in [1.82, 2.24) is 15.0 Å². The first-order valence-corrected chi connectivity index (χ1v) is 9.33. The van der Waals surface area contributed by atoms with Gasteiger partial charge in [0.05, 0.1) is 26.6 Å². The molecule has 162 valence electrons. The molecule has 2 N–H and O–H groups in total. The number of nitrogens with one attached hydrogen (secondary N) is 2. The normalized spacial score (nSPS) is 10.7. The lowest BCUT2D eigenvalue weighted by Gasteiger charge is -2.06. The van der Waals surface area contributed by atoms with Gasteiger partial charge in [0.1, 0.15) is 17.6 Å². The van der Waals surface area contributed by atoms with Crippen molar-refractivity contribution in [3.05, 3.63) is 59.7 Å². The predicted octanol–water partition coefficient (Wildman–Crippen LogP) is 2.68. The Kier molecular flexibility index (Phi) is 7.87. The zero-order chi connectivity index (χ0) is 22.6. The van der Waals surface area contributed by atoms with Crippen molar-refractivity contribution in [2.45, 2.75) is 0 Å². The number of aromatic nitrogens is 3. The minimum atomic E-state index is -0.224. The third-order valence-corrected chi connectivity index (χ3v) is 3.89. The first kappa shape index (κ1) is 22.0. The number of ether oxygens (including phenoxy) is 3. The largest absolute Gasteiger partial charge is 0.496 e. The van der Waals surface area contributed by atoms with Crippen molar-refractivity contribution in [3.63, 3.8) is 0 Å². The Morgan fingerprint density at radius 1 is 0.844 bits per heavy atom. The molecular formula is C21H20N8O3. The topological polar surface area (TPSA) is 139 Å². The molecule has 1 aromatic heterocycles. The highest BCUT2D eigenvalue weighted by atomic mass is 16.5. The molecule has 0 aliphatic heterocycles. The molecule has 0 spiro atoms. The van der Waals surface area contributed by atoms with Crippen LogP contribution >= 0.6 is 0 Å². The summed E-state index contributed by atoms with van der Waals surface area (Å²) in [5, 5.41) is 17.0. The summed E-state index contributed by atoms with van der Waals surface area (Å²) in [6.07, 6.45) is 3.12. The highest BCUT2D eigenvalue weighted by Gasteiger charge is 2.07. The Bertz CT molecular complexity index is 1070. The number of nitrogens with zero attached hydrogens (tertiary/aromatic N) is 6. The number of hydrogen-bond donors (Lipinski definition) is 2. The summed E-state index contributed by atoms with van der Waals surface area (Å²) in [7, 11) is 3.16. The number of nitriles is 1. The van der Waals surface area contributed by atoms with E-state index in [9.17, 15) is 0 Å². The first-order valence-electron chi connectivity index (χ1n) is 9.33. The molecule has 0 fully saturated rings. The molecular weight excluding hydrogens is 412 g/mol. The quantitative estimate of drug-likeness (QED) is 0.365. The molecule has 0 aliphatic carbocycles. The summed E-state index contributed by atoms with van der Waals surface area (Å²) in [6, 6.07) is 16.6. The maximum Gasteiger partial charge on any atom is 0.324 e. The molecule has 0 unspecified atom stereocenters. The molecule has 0 atom stereocenters. The van der Waals surface area contributed by atoms with Crippen LogP contribution in [-0.4, -0.2) is 48.2 Å². The van der Waals surface area contributed by atoms with Crippen LogP contribution in [0.5, 0.6) is 17.5 Å². The lowest BCUT2D eigenvalue weighted by Crippen LogP contribution is -2.07. The van der Waals surface area contributed by atoms with E-state index in [4.69, 9.17) is 19.5 Å². The summed E-state index contributed by atoms with van der Waals surface area (Å²) in [5.41, 5.74) is 6.93. The van der Waals surface area contributed by atoms with Crippen LogP contribution in [0.4, 0.5) is 11.9 Å². The number of methoxy groups -OCH3 is 2. The van der Waals surface area contributed by atoms with E-state index < -0.39 is 0 Å². The minimum Gasteiger partial charge on any atom is -0.496 e. The van der Waals surface area contributed by atoms with Gasteiger partial charge in [0.15, 0.2) is 6.61 Å². The minimum absolute atomic E-state index is 0.0634. The van der Waals surface area contributed by atoms with E-state index in [1.165, 1.54) is 0 Å². The molecule has 2 aromatic carbocycles. The van der Waals surface area contributed by atoms with E-state index in [0.29, 0.717) is 11.5 Å². The van der Waals surface area contributed by atoms with Crippen molar-refractivity contribution in [2.75, 3.05) is 31.7 Å². The molecule has 11 nitrogen and oxygen atoms in total. The molecule has 0 aliphatic rings. The van der Waals surface area contributed by atoms with Crippen LogP contribution in [0.25, 0.3) is 0 Å². The van der Waals surface area contributed by atoms with Gasteiger partial charge in [0.2, 0.25) is 0 Å². The Morgan fingerprint density at radius 3 is 1.81 bits per heavy atom. The molecule has 0 saturated carbocycles. The third-order valence-electron chi connectivity index (χ3n) is 3.89. The van der Waals surface area contributed by atoms with Crippen molar-refractivity contribution in [2.24, 2.45) is 10.2 Å². The van der Waals surface area contributed by atoms with Crippen LogP contribution in [-0.2, 0) is 0 Å². The smallest absolute Gasteiger partial charge is 0.324 e. The van der Waals surface area contributed by atoms with E-state index in [1.807, 2.05) is 54.6 Å². The summed E-state index contributed by atoms with van der Waals surface area (Å²) in [4.78, 5) is 12.3. The van der Waals surface area contributed by atoms with Crippen LogP contribution in [0, 0.1) is 11.3 Å². The molecule has 0 radical (unpaired) electrons. The first-order chi connectivity index (χ1) is 15.7. The molecule has 32 heavy (non-hydrogen) atoms. The molecule has 1 heterocycles. The summed E-state index contributed by atoms with van der Waals surface area (Å²) < 4.78 is 15.8. The fourth-order valence-electron chi connectivity index (χ4n) is 2.48. The zero-order valence-electron chi connectivity index (χ0n) is 17.4. The number of hydrazone groups is 2. The van der Waals surface area contributed by atoms with E-state index in [2.05, 4.69) is 36.0 Å². The van der Waals surface area contributed by atoms with Gasteiger partial charge in [0, 0.05) is 11.1 Å². The SMILES string of the molecule is COc1ccccc1/C=N/Nc1nc(N/N=C/c2ccccc2OC)nc(OCC#N)n1. The van der Waals surface area contributed by atoms with Crippen LogP contribution < -0.4 is 25.1 Å². The van der Waals surface area contributed by atoms with Gasteiger partial charge in [-0.05, 0) is 24.3 Å². The van der Waals surface area contributed by atoms with Crippen molar-refractivity contribution in [1.29, 1.82) is 5.26 Å². The Balaban J connectivity index is 1.76. The van der Waals surface area contributed by atoms with Gasteiger partial charge in [-0.1, -0.05) is 24.3 Å². The van der Waals surface area contributed by atoms with Gasteiger partial charge in [-0.15, -0.1) is 0 Å². The molecule has 0 amide bonds. The second-order valence-corrected chi connectivity index (χ2v) is 5.94. The molecule has 11 heteroatoms. The van der Waals surface area contributed by atoms with E-state index in [1.54, 1.807) is 26.6 Å². The monoisotopic (exact) mass is 432 g/mol. The van der Waals surface area contributed by atoms with Crippen LogP contribution in [0.1, 0.15) is 11.1 Å². The maximum atomic E-state index is 8.75. The molecule has 3 rings (SSSR count). The van der Waals surface area contributed by atoms with Gasteiger partial charge < -0.3 is 14.2 Å². The van der Waals surface area contributed by atoms with E-state index in [0.717, 1.165) is 11.1 Å². The van der Waals surface area contributed by atoms with Crippen molar-refractivity contribution in [3.8, 4) is 23.6 Å². The zero-order valence-corrected chi connectivity index (χ0v) is 17.4. The van der Waals surface area contributed by atoms with Gasteiger partial charge in [-0.3, -0.25) is 0 Å². The summed E-state index contributed by atoms with van der Waals surface area (Å²) >= 11 is 0. The van der Waals surface area contributed by atoms with Crippen LogP contribution in [0.2, 0.25) is 0 Å². The number of hydrogen-bond acceptors (Lipinski definition) is 11. The van der Waals surface area contributed by atoms with Crippen molar-refractivity contribution < 1.29 is 14.2 Å². The Morgan fingerprint density at radius 2 is 1.34 bits per heavy atom. The molecule has 3 aromatic rings. The average Bonchev–Trinajstić information content (AvgIpc) is 2.83. The maximum absolute atomic E-state index is 8.75. The molecule has 0 saturated heterocycles. The standard InChI is InChI=1S/C21H20N8O3/c1-30-17-9-5-3-7-15(17)13-23-28-19-25-20(27-21(26-19)32-12-11-22)29-24-14-16-8-4-6-10-18(16)31-2/h3-10,13-14H,12H2,1-2H3,(H2,25,26,27,28,29)/b23-13+,24-14+. The van der Waals surface area contributed by atoms with Crippen molar-refractivity contribution >= 4 is 24.3 Å². The number of benzene rings is 2. The third kappa shape index (κ3) is 6.14. The highest BCUT2D eigenvalue weighted by Crippen LogP contribution is 2.16. The number of rotatable bonds is 10. The average molecular weight is 432 g/mol. The van der Waals surface area contributed by atoms with Crippen LogP contribution in [0.15, 0.2) is 58.7 Å². The highest BCUT2D eigenvalue weighted by molar-refractivity contribution is 5.84. The summed E-state index contributed by atoms with van der Waals surface area (Å²) in [6.45, 7) is -0.224. The van der Waals surface area contributed by atoms with E-state index in [-0.39, 0.29) is 24.5 Å². The van der Waals surface area contributed by atoms with E-state index >= 15 is 0 Å². The Hall–Kier alpha value is -4.72. The predicted molar refractivity (Wildman–Crippen MR) is 119 cm³/mol. The van der Waals surface area contributed by atoms with Gasteiger partial charge in [0.25, 0.3) is 11.9 Å². The summed E-state index contributed by atoms with van der Waals surface area (Å²) in [5.74, 6) is 1.52. The second-order valence-electron chi connectivity index (χ2n) is 5.94. The fraction of sp³-hybridized carbons (Fsp3) is 0.143. The number of anilines is 2. The second kappa shape index (κ2) is 11.5. The lowest BCUT2D eigenvalue weighted by molar-refractivity contribution is 0.337. The van der Waals surface area contributed by atoms with Gasteiger partial charge in [-0.25, -0.2) is 10.9 Å². The Labute approximate surface area is 184 Å². The van der Waals surface area contributed by atoms with Gasteiger partial charge >= 0.3 is 6.01 Å².